The predicted octanol–water partition coefficient (Wildman–Crippen LogP) is 3.66. The van der Waals surface area contributed by atoms with E-state index in [1.807, 2.05) is 72.7 Å². The molecule has 0 saturated carbocycles. The number of ether oxygens (including phenoxy) is 1. The van der Waals surface area contributed by atoms with Crippen LogP contribution in [0.25, 0.3) is 16.9 Å². The minimum atomic E-state index is -0.468. The van der Waals surface area contributed by atoms with Gasteiger partial charge >= 0.3 is 0 Å². The minimum absolute atomic E-state index is 0.0278. The van der Waals surface area contributed by atoms with E-state index in [1.54, 1.807) is 31.1 Å². The number of benzene rings is 2. The van der Waals surface area contributed by atoms with Gasteiger partial charge in [0.2, 0.25) is 0 Å². The summed E-state index contributed by atoms with van der Waals surface area (Å²) in [4.78, 5) is 45.2. The fraction of sp³-hybridized carbons (Fsp3) is 0.333. The number of Topliss-reactive ketones (excluding diaryl/α,β-unsaturated/α-hetero) is 1. The summed E-state index contributed by atoms with van der Waals surface area (Å²) in [5, 5.41) is 9.33. The summed E-state index contributed by atoms with van der Waals surface area (Å²) in [6, 6.07) is 21.2. The Hall–Kier alpha value is -4.38. The van der Waals surface area contributed by atoms with Crippen molar-refractivity contribution in [2.45, 2.75) is 25.9 Å². The van der Waals surface area contributed by atoms with Crippen LogP contribution in [0.15, 0.2) is 77.7 Å². The second-order valence-electron chi connectivity index (χ2n) is 10.8. The van der Waals surface area contributed by atoms with E-state index in [-0.39, 0.29) is 29.8 Å². The summed E-state index contributed by atoms with van der Waals surface area (Å²) in [5.41, 5.74) is 4.26. The second-order valence-corrected chi connectivity index (χ2v) is 10.8. The highest BCUT2D eigenvalue weighted by Gasteiger charge is 2.36. The molecule has 2 aromatic carbocycles. The van der Waals surface area contributed by atoms with Gasteiger partial charge in [0, 0.05) is 64.8 Å². The quantitative estimate of drug-likeness (QED) is 0.287. The van der Waals surface area contributed by atoms with Gasteiger partial charge in [-0.3, -0.25) is 19.2 Å². The molecule has 3 heterocycles. The van der Waals surface area contributed by atoms with E-state index >= 15 is 0 Å². The van der Waals surface area contributed by atoms with Crippen molar-refractivity contribution in [1.82, 2.24) is 24.7 Å². The lowest BCUT2D eigenvalue weighted by Gasteiger charge is -2.18. The van der Waals surface area contributed by atoms with Crippen molar-refractivity contribution in [2.24, 2.45) is 13.0 Å². The summed E-state index contributed by atoms with van der Waals surface area (Å²) in [6.45, 7) is 3.70. The molecule has 0 bridgehead atoms. The summed E-state index contributed by atoms with van der Waals surface area (Å²) < 4.78 is 8.42. The Labute approximate surface area is 250 Å². The van der Waals surface area contributed by atoms with Gasteiger partial charge in [-0.15, -0.1) is 0 Å². The van der Waals surface area contributed by atoms with Gasteiger partial charge in [-0.05, 0) is 36.2 Å². The van der Waals surface area contributed by atoms with Crippen molar-refractivity contribution in [3.05, 3.63) is 106 Å². The number of carbonyl (C=O) groups excluding carboxylic acids is 2. The molecular weight excluding hydrogens is 546 g/mol. The first kappa shape index (κ1) is 30.1. The van der Waals surface area contributed by atoms with Gasteiger partial charge in [0.05, 0.1) is 23.7 Å². The van der Waals surface area contributed by atoms with E-state index in [1.165, 1.54) is 11.6 Å². The van der Waals surface area contributed by atoms with Crippen molar-refractivity contribution in [3.8, 4) is 16.9 Å². The van der Waals surface area contributed by atoms with Crippen LogP contribution in [0, 0.1) is 12.8 Å². The van der Waals surface area contributed by atoms with Gasteiger partial charge in [0.25, 0.3) is 11.5 Å². The number of para-hydroxylation sites is 1. The number of hydroxylamine groups is 2. The molecule has 2 atom stereocenters. The zero-order valence-electron chi connectivity index (χ0n) is 24.9. The molecule has 1 aliphatic rings. The number of rotatable bonds is 11. The van der Waals surface area contributed by atoms with Crippen LogP contribution in [-0.4, -0.2) is 65.0 Å². The maximum atomic E-state index is 13.8. The molecule has 10 heteroatoms. The Morgan fingerprint density at radius 1 is 1.09 bits per heavy atom. The fourth-order valence-corrected chi connectivity index (χ4v) is 5.62. The van der Waals surface area contributed by atoms with Gasteiger partial charge in [0.15, 0.2) is 0 Å². The Bertz CT molecular complexity index is 1650. The van der Waals surface area contributed by atoms with Gasteiger partial charge in [-0.25, -0.2) is 4.68 Å². The first-order valence-electron chi connectivity index (χ1n) is 14.3. The summed E-state index contributed by atoms with van der Waals surface area (Å²) in [5.74, 6) is -0.427. The molecule has 1 fully saturated rings. The number of hydrogen-bond donors (Lipinski definition) is 1. The third-order valence-electron chi connectivity index (χ3n) is 7.83. The molecule has 224 valence electrons. The number of nitrogens with zero attached hydrogens (tertiary/aromatic N) is 4. The standard InChI is InChI=1S/C33H37N5O5/c1-22-29(19-27(39)17-25-21-37(15-16-42-4)43-31(25)23-11-7-5-8-12-23)38(26-13-9-6-10-14-26)35-30(22)24-18-28(32(40)34-2)33(41)36(3)20-24/h5-14,18,20,25,31H,15-17,19,21H2,1-4H3,(H,34,40)/t25-,31+/m1/s1. The molecule has 2 aromatic heterocycles. The number of ketones is 1. The number of amides is 1. The van der Waals surface area contributed by atoms with Crippen molar-refractivity contribution in [3.63, 3.8) is 0 Å². The maximum absolute atomic E-state index is 13.8. The fourth-order valence-electron chi connectivity index (χ4n) is 5.62. The molecule has 43 heavy (non-hydrogen) atoms. The van der Waals surface area contributed by atoms with Gasteiger partial charge in [0.1, 0.15) is 17.5 Å². The third kappa shape index (κ3) is 6.51. The normalized spacial score (nSPS) is 16.8. The number of carbonyl (C=O) groups is 2. The predicted molar refractivity (Wildman–Crippen MR) is 163 cm³/mol. The van der Waals surface area contributed by atoms with Gasteiger partial charge < -0.3 is 14.6 Å². The van der Waals surface area contributed by atoms with E-state index in [2.05, 4.69) is 5.32 Å². The van der Waals surface area contributed by atoms with Crippen LogP contribution in [0.4, 0.5) is 0 Å². The van der Waals surface area contributed by atoms with E-state index in [0.717, 1.165) is 22.5 Å². The summed E-state index contributed by atoms with van der Waals surface area (Å²) in [7, 11) is 4.75. The molecule has 1 saturated heterocycles. The average Bonchev–Trinajstić information content (AvgIpc) is 3.58. The highest BCUT2D eigenvalue weighted by Crippen LogP contribution is 2.37. The molecule has 1 N–H and O–H groups in total. The van der Waals surface area contributed by atoms with Gasteiger partial charge in [-0.1, -0.05) is 48.5 Å². The Morgan fingerprint density at radius 2 is 1.79 bits per heavy atom. The minimum Gasteiger partial charge on any atom is -0.383 e. The maximum Gasteiger partial charge on any atom is 0.263 e. The molecule has 1 aliphatic heterocycles. The van der Waals surface area contributed by atoms with Crippen molar-refractivity contribution in [2.75, 3.05) is 33.9 Å². The SMILES string of the molecule is CNC(=O)c1cc(-c2nn(-c3ccccc3)c(CC(=O)C[C@@H]3CN(CCOC)O[C@H]3c3ccccc3)c2C)cn(C)c1=O. The molecule has 1 amide bonds. The Morgan fingerprint density at radius 3 is 2.47 bits per heavy atom. The molecule has 0 unspecified atom stereocenters. The van der Waals surface area contributed by atoms with Crippen molar-refractivity contribution in [1.29, 1.82) is 0 Å². The summed E-state index contributed by atoms with van der Waals surface area (Å²) in [6.07, 6.45) is 1.93. The monoisotopic (exact) mass is 583 g/mol. The highest BCUT2D eigenvalue weighted by molar-refractivity contribution is 5.94. The Balaban J connectivity index is 1.48. The lowest BCUT2D eigenvalue weighted by molar-refractivity contribution is -0.155. The number of nitrogens with one attached hydrogen (secondary N) is 1. The first-order chi connectivity index (χ1) is 20.8. The topological polar surface area (TPSA) is 108 Å². The summed E-state index contributed by atoms with van der Waals surface area (Å²) >= 11 is 0. The van der Waals surface area contributed by atoms with Crippen LogP contribution in [0.3, 0.4) is 0 Å². The first-order valence-corrected chi connectivity index (χ1v) is 14.3. The zero-order chi connectivity index (χ0) is 30.5. The zero-order valence-corrected chi connectivity index (χ0v) is 24.9. The number of hydrogen-bond acceptors (Lipinski definition) is 7. The van der Waals surface area contributed by atoms with Gasteiger partial charge in [-0.2, -0.15) is 10.2 Å². The second kappa shape index (κ2) is 13.3. The van der Waals surface area contributed by atoms with E-state index in [4.69, 9.17) is 14.7 Å². The van der Waals surface area contributed by atoms with Crippen LogP contribution in [0.2, 0.25) is 0 Å². The van der Waals surface area contributed by atoms with Crippen LogP contribution in [-0.2, 0) is 27.8 Å². The van der Waals surface area contributed by atoms with E-state index in [0.29, 0.717) is 37.4 Å². The number of aromatic nitrogens is 3. The molecule has 0 radical (unpaired) electrons. The van der Waals surface area contributed by atoms with Crippen LogP contribution >= 0.6 is 0 Å². The lowest BCUT2D eigenvalue weighted by atomic mass is 9.90. The largest absolute Gasteiger partial charge is 0.383 e. The van der Waals surface area contributed by atoms with Crippen molar-refractivity contribution >= 4 is 11.7 Å². The molecular formula is C33H37N5O5. The number of aryl methyl sites for hydroxylation is 1. The lowest BCUT2D eigenvalue weighted by Crippen LogP contribution is -2.30. The number of pyridine rings is 1. The average molecular weight is 584 g/mol. The van der Waals surface area contributed by atoms with Crippen LogP contribution < -0.4 is 10.9 Å². The number of methoxy groups -OCH3 is 1. The smallest absolute Gasteiger partial charge is 0.263 e. The molecule has 0 spiro atoms. The molecule has 0 aliphatic carbocycles. The van der Waals surface area contributed by atoms with Crippen LogP contribution in [0.1, 0.15) is 39.7 Å². The van der Waals surface area contributed by atoms with Crippen molar-refractivity contribution < 1.29 is 19.2 Å². The van der Waals surface area contributed by atoms with E-state index < -0.39 is 11.5 Å². The molecule has 4 aromatic rings. The highest BCUT2D eigenvalue weighted by atomic mass is 16.7. The van der Waals surface area contributed by atoms with Crippen LogP contribution in [0.5, 0.6) is 0 Å². The Kier molecular flexibility index (Phi) is 9.30. The third-order valence-corrected chi connectivity index (χ3v) is 7.83. The molecule has 10 nitrogen and oxygen atoms in total. The van der Waals surface area contributed by atoms with E-state index in [9.17, 15) is 14.4 Å². The molecule has 5 rings (SSSR count).